The molecule has 1 amide bonds. The van der Waals surface area contributed by atoms with Gasteiger partial charge in [0.05, 0.1) is 17.9 Å². The van der Waals surface area contributed by atoms with Gasteiger partial charge in [-0.2, -0.15) is 0 Å². The topological polar surface area (TPSA) is 66.4 Å². The third-order valence-corrected chi connectivity index (χ3v) is 5.06. The van der Waals surface area contributed by atoms with E-state index in [2.05, 4.69) is 11.4 Å². The first-order valence-electron chi connectivity index (χ1n) is 7.00. The molecule has 4 nitrogen and oxygen atoms in total. The number of hydrogen-bond acceptors (Lipinski definition) is 3. The van der Waals surface area contributed by atoms with Crippen molar-refractivity contribution in [1.82, 2.24) is 5.32 Å². The summed E-state index contributed by atoms with van der Waals surface area (Å²) in [5.74, 6) is -1.87. The molecule has 1 unspecified atom stereocenters. The van der Waals surface area contributed by atoms with Crippen LogP contribution in [0.15, 0.2) is 6.07 Å². The molecule has 1 aliphatic rings. The average Bonchev–Trinajstić information content (AvgIpc) is 2.95. The van der Waals surface area contributed by atoms with E-state index >= 15 is 0 Å². The predicted molar refractivity (Wildman–Crippen MR) is 78.8 cm³/mol. The molecular weight excluding hydrogens is 274 g/mol. The lowest BCUT2D eigenvalue weighted by molar-refractivity contribution is -0.146. The monoisotopic (exact) mass is 295 g/mol. The third-order valence-electron chi connectivity index (χ3n) is 4.07. The first-order valence-corrected chi connectivity index (χ1v) is 7.82. The van der Waals surface area contributed by atoms with Crippen molar-refractivity contribution in [1.29, 1.82) is 0 Å². The maximum atomic E-state index is 12.3. The number of carboxylic acids is 1. The van der Waals surface area contributed by atoms with Gasteiger partial charge >= 0.3 is 5.97 Å². The molecule has 2 rings (SSSR count). The minimum absolute atomic E-state index is 0.0671. The second-order valence-electron chi connectivity index (χ2n) is 5.58. The molecule has 110 valence electrons. The van der Waals surface area contributed by atoms with Gasteiger partial charge in [0.1, 0.15) is 0 Å². The number of thiophene rings is 1. The van der Waals surface area contributed by atoms with Crippen LogP contribution in [-0.2, 0) is 9.59 Å². The molecule has 0 spiro atoms. The predicted octanol–water partition coefficient (Wildman–Crippen LogP) is 3.04. The number of carboxylic acid groups (broad SMARTS) is 1. The molecule has 0 aromatic carbocycles. The maximum absolute atomic E-state index is 12.3. The number of nitrogens with one attached hydrogen (secondary N) is 1. The van der Waals surface area contributed by atoms with Gasteiger partial charge in [-0.15, -0.1) is 11.3 Å². The van der Waals surface area contributed by atoms with Crippen molar-refractivity contribution in [2.45, 2.75) is 46.1 Å². The van der Waals surface area contributed by atoms with Crippen LogP contribution < -0.4 is 5.32 Å². The Hall–Kier alpha value is -1.36. The van der Waals surface area contributed by atoms with E-state index in [-0.39, 0.29) is 17.9 Å². The normalized spacial score (nSPS) is 23.6. The van der Waals surface area contributed by atoms with E-state index in [1.165, 1.54) is 9.75 Å². The van der Waals surface area contributed by atoms with E-state index in [0.717, 1.165) is 12.0 Å². The van der Waals surface area contributed by atoms with Gasteiger partial charge in [0.15, 0.2) is 0 Å². The highest BCUT2D eigenvalue weighted by molar-refractivity contribution is 7.12. The molecule has 3 atom stereocenters. The zero-order valence-electron chi connectivity index (χ0n) is 12.1. The van der Waals surface area contributed by atoms with Crippen LogP contribution in [0.3, 0.4) is 0 Å². The summed E-state index contributed by atoms with van der Waals surface area (Å²) in [4.78, 5) is 25.9. The number of carbonyl (C=O) groups is 2. The van der Waals surface area contributed by atoms with Crippen LogP contribution in [0, 0.1) is 25.7 Å². The smallest absolute Gasteiger partial charge is 0.307 e. The number of carbonyl (C=O) groups excluding carboxylic acids is 1. The first kappa shape index (κ1) is 15.0. The van der Waals surface area contributed by atoms with Gasteiger partial charge in [0, 0.05) is 9.75 Å². The van der Waals surface area contributed by atoms with Crippen LogP contribution >= 0.6 is 11.3 Å². The number of rotatable bonds is 4. The molecule has 5 heteroatoms. The molecular formula is C15H21NO3S. The number of amides is 1. The van der Waals surface area contributed by atoms with Crippen LogP contribution in [0.2, 0.25) is 0 Å². The average molecular weight is 295 g/mol. The van der Waals surface area contributed by atoms with Crippen molar-refractivity contribution >= 4 is 23.2 Å². The Morgan fingerprint density at radius 2 is 2.00 bits per heavy atom. The highest BCUT2D eigenvalue weighted by Gasteiger charge is 2.38. The maximum Gasteiger partial charge on any atom is 0.307 e. The van der Waals surface area contributed by atoms with E-state index in [0.29, 0.717) is 12.8 Å². The number of aryl methyl sites for hydroxylation is 2. The van der Waals surface area contributed by atoms with Crippen molar-refractivity contribution in [2.75, 3.05) is 0 Å². The Balaban J connectivity index is 2.04. The summed E-state index contributed by atoms with van der Waals surface area (Å²) in [6, 6.07) is 2.02. The van der Waals surface area contributed by atoms with Gasteiger partial charge in [-0.3, -0.25) is 9.59 Å². The van der Waals surface area contributed by atoms with E-state index in [4.69, 9.17) is 5.11 Å². The van der Waals surface area contributed by atoms with Gasteiger partial charge in [-0.25, -0.2) is 0 Å². The van der Waals surface area contributed by atoms with Crippen molar-refractivity contribution < 1.29 is 14.7 Å². The van der Waals surface area contributed by atoms with Crippen LogP contribution in [0.25, 0.3) is 0 Å². The zero-order chi connectivity index (χ0) is 14.9. The quantitative estimate of drug-likeness (QED) is 0.897. The second-order valence-corrected chi connectivity index (χ2v) is 7.04. The molecule has 0 bridgehead atoms. The van der Waals surface area contributed by atoms with Gasteiger partial charge in [0.25, 0.3) is 0 Å². The second kappa shape index (κ2) is 5.95. The minimum atomic E-state index is -0.849. The number of hydrogen-bond donors (Lipinski definition) is 2. The molecule has 0 aliphatic heterocycles. The molecule has 0 saturated heterocycles. The van der Waals surface area contributed by atoms with Crippen molar-refractivity contribution in [3.63, 3.8) is 0 Å². The Morgan fingerprint density at radius 1 is 1.35 bits per heavy atom. The van der Waals surface area contributed by atoms with Gasteiger partial charge in [0.2, 0.25) is 5.91 Å². The van der Waals surface area contributed by atoms with Crippen LogP contribution in [0.4, 0.5) is 0 Å². The first-order chi connectivity index (χ1) is 9.40. The van der Waals surface area contributed by atoms with Crippen LogP contribution in [0.5, 0.6) is 0 Å². The SMILES string of the molecule is Cc1cc(C(C)NC(=O)[C@@H]2CCC[C@@H]2C(=O)O)c(C)s1. The standard InChI is InChI=1S/C15H21NO3S/c1-8-7-13(10(3)20-8)9(2)16-14(17)11-5-4-6-12(11)15(18)19/h7,9,11-12H,4-6H2,1-3H3,(H,16,17)(H,18,19)/t9?,11-,12+/m1/s1. The Morgan fingerprint density at radius 3 is 2.55 bits per heavy atom. The van der Waals surface area contributed by atoms with Crippen LogP contribution in [0.1, 0.15) is 47.5 Å². The molecule has 1 aromatic heterocycles. The Kier molecular flexibility index (Phi) is 4.48. The molecule has 1 fully saturated rings. The molecule has 20 heavy (non-hydrogen) atoms. The van der Waals surface area contributed by atoms with Crippen molar-refractivity contribution in [2.24, 2.45) is 11.8 Å². The van der Waals surface area contributed by atoms with E-state index in [1.807, 2.05) is 20.8 Å². The van der Waals surface area contributed by atoms with Crippen molar-refractivity contribution in [3.8, 4) is 0 Å². The fourth-order valence-electron chi connectivity index (χ4n) is 3.05. The Bertz CT molecular complexity index is 523. The largest absolute Gasteiger partial charge is 0.481 e. The summed E-state index contributed by atoms with van der Waals surface area (Å²) in [7, 11) is 0. The van der Waals surface area contributed by atoms with E-state index < -0.39 is 11.9 Å². The van der Waals surface area contributed by atoms with Gasteiger partial charge in [-0.1, -0.05) is 6.42 Å². The summed E-state index contributed by atoms with van der Waals surface area (Å²) in [6.45, 7) is 6.05. The summed E-state index contributed by atoms with van der Waals surface area (Å²) in [6.07, 6.45) is 2.11. The molecule has 1 aromatic rings. The highest BCUT2D eigenvalue weighted by atomic mass is 32.1. The molecule has 1 heterocycles. The lowest BCUT2D eigenvalue weighted by Crippen LogP contribution is -2.36. The molecule has 0 radical (unpaired) electrons. The number of aliphatic carboxylic acids is 1. The lowest BCUT2D eigenvalue weighted by Gasteiger charge is -2.20. The molecule has 1 aliphatic carbocycles. The van der Waals surface area contributed by atoms with Crippen molar-refractivity contribution in [3.05, 3.63) is 21.4 Å². The third kappa shape index (κ3) is 3.03. The lowest BCUT2D eigenvalue weighted by atomic mass is 9.95. The summed E-state index contributed by atoms with van der Waals surface area (Å²) in [5, 5.41) is 12.1. The van der Waals surface area contributed by atoms with E-state index in [1.54, 1.807) is 11.3 Å². The summed E-state index contributed by atoms with van der Waals surface area (Å²) < 4.78 is 0. The summed E-state index contributed by atoms with van der Waals surface area (Å²) >= 11 is 1.72. The van der Waals surface area contributed by atoms with Gasteiger partial charge in [-0.05, 0) is 45.2 Å². The zero-order valence-corrected chi connectivity index (χ0v) is 12.9. The highest BCUT2D eigenvalue weighted by Crippen LogP contribution is 2.33. The van der Waals surface area contributed by atoms with Crippen LogP contribution in [-0.4, -0.2) is 17.0 Å². The summed E-state index contributed by atoms with van der Waals surface area (Å²) in [5.41, 5.74) is 1.13. The fourth-order valence-corrected chi connectivity index (χ4v) is 4.07. The van der Waals surface area contributed by atoms with E-state index in [9.17, 15) is 9.59 Å². The van der Waals surface area contributed by atoms with Gasteiger partial charge < -0.3 is 10.4 Å². The molecule has 1 saturated carbocycles. The Labute approximate surface area is 123 Å². The minimum Gasteiger partial charge on any atom is -0.481 e. The fraction of sp³-hybridized carbons (Fsp3) is 0.600. The molecule has 2 N–H and O–H groups in total.